The molecule has 2 unspecified atom stereocenters. The summed E-state index contributed by atoms with van der Waals surface area (Å²) in [6.45, 7) is 7.77. The van der Waals surface area contributed by atoms with Crippen molar-refractivity contribution < 1.29 is 0 Å². The van der Waals surface area contributed by atoms with E-state index < -0.39 is 0 Å². The van der Waals surface area contributed by atoms with E-state index in [1.807, 2.05) is 12.1 Å². The number of rotatable bonds is 6. The van der Waals surface area contributed by atoms with Crippen molar-refractivity contribution in [3.63, 3.8) is 0 Å². The van der Waals surface area contributed by atoms with E-state index in [0.717, 1.165) is 18.0 Å². The van der Waals surface area contributed by atoms with Gasteiger partial charge in [0.1, 0.15) is 0 Å². The Bertz CT molecular complexity index is 311. The van der Waals surface area contributed by atoms with Gasteiger partial charge in [-0.25, -0.2) is 0 Å². The average molecular weight is 240 g/mol. The predicted octanol–water partition coefficient (Wildman–Crippen LogP) is 4.43. The van der Waals surface area contributed by atoms with E-state index in [1.54, 1.807) is 0 Å². The van der Waals surface area contributed by atoms with Crippen LogP contribution in [-0.4, -0.2) is 6.54 Å². The fourth-order valence-corrected chi connectivity index (χ4v) is 2.08. The van der Waals surface area contributed by atoms with E-state index in [1.165, 1.54) is 12.0 Å². The first kappa shape index (κ1) is 13.5. The Kier molecular flexibility index (Phi) is 5.86. The lowest BCUT2D eigenvalue weighted by atomic mass is 9.92. The molecule has 0 aliphatic heterocycles. The van der Waals surface area contributed by atoms with Crippen molar-refractivity contribution in [3.05, 3.63) is 34.9 Å². The Morgan fingerprint density at radius 3 is 2.62 bits per heavy atom. The van der Waals surface area contributed by atoms with Crippen molar-refractivity contribution in [2.24, 2.45) is 5.92 Å². The minimum Gasteiger partial charge on any atom is -0.310 e. The Morgan fingerprint density at radius 1 is 1.31 bits per heavy atom. The molecule has 16 heavy (non-hydrogen) atoms. The Labute approximate surface area is 104 Å². The molecule has 1 aromatic carbocycles. The number of nitrogens with one attached hydrogen (secondary N) is 1. The van der Waals surface area contributed by atoms with Crippen LogP contribution in [0.15, 0.2) is 24.3 Å². The van der Waals surface area contributed by atoms with Crippen molar-refractivity contribution >= 4 is 11.6 Å². The van der Waals surface area contributed by atoms with Crippen molar-refractivity contribution in [2.75, 3.05) is 6.54 Å². The van der Waals surface area contributed by atoms with Gasteiger partial charge >= 0.3 is 0 Å². The van der Waals surface area contributed by atoms with Crippen molar-refractivity contribution in [1.29, 1.82) is 0 Å². The zero-order chi connectivity index (χ0) is 12.0. The summed E-state index contributed by atoms with van der Waals surface area (Å²) < 4.78 is 0. The average Bonchev–Trinajstić information content (AvgIpc) is 2.29. The molecule has 0 aliphatic rings. The first-order valence-corrected chi connectivity index (χ1v) is 6.55. The molecule has 0 bridgehead atoms. The summed E-state index contributed by atoms with van der Waals surface area (Å²) >= 11 is 6.04. The van der Waals surface area contributed by atoms with Gasteiger partial charge in [0.25, 0.3) is 0 Å². The maximum Gasteiger partial charge on any atom is 0.0409 e. The summed E-state index contributed by atoms with van der Waals surface area (Å²) in [5, 5.41) is 4.43. The topological polar surface area (TPSA) is 12.0 Å². The molecule has 0 fully saturated rings. The van der Waals surface area contributed by atoms with Crippen LogP contribution >= 0.6 is 11.6 Å². The van der Waals surface area contributed by atoms with Crippen LogP contribution in [0.2, 0.25) is 5.02 Å². The fourth-order valence-electron chi connectivity index (χ4n) is 1.88. The molecule has 2 atom stereocenters. The number of halogens is 1. The van der Waals surface area contributed by atoms with Gasteiger partial charge in [0.15, 0.2) is 0 Å². The zero-order valence-corrected chi connectivity index (χ0v) is 11.2. The minimum absolute atomic E-state index is 0.420. The van der Waals surface area contributed by atoms with Crippen LogP contribution in [0, 0.1) is 5.92 Å². The smallest absolute Gasteiger partial charge is 0.0409 e. The lowest BCUT2D eigenvalue weighted by Crippen LogP contribution is -2.27. The van der Waals surface area contributed by atoms with E-state index in [-0.39, 0.29) is 0 Å². The highest BCUT2D eigenvalue weighted by Gasteiger charge is 2.16. The maximum atomic E-state index is 6.04. The summed E-state index contributed by atoms with van der Waals surface area (Å²) in [7, 11) is 0. The molecule has 0 aliphatic carbocycles. The van der Waals surface area contributed by atoms with Gasteiger partial charge in [0, 0.05) is 11.1 Å². The van der Waals surface area contributed by atoms with Crippen molar-refractivity contribution in [3.8, 4) is 0 Å². The molecule has 1 aromatic rings. The van der Waals surface area contributed by atoms with E-state index in [2.05, 4.69) is 38.2 Å². The maximum absolute atomic E-state index is 6.04. The highest BCUT2D eigenvalue weighted by atomic mass is 35.5. The van der Waals surface area contributed by atoms with E-state index in [9.17, 15) is 0 Å². The first-order chi connectivity index (χ1) is 7.69. The van der Waals surface area contributed by atoms with Gasteiger partial charge in [0.05, 0.1) is 0 Å². The van der Waals surface area contributed by atoms with Crippen molar-refractivity contribution in [1.82, 2.24) is 5.32 Å². The second-order valence-electron chi connectivity index (χ2n) is 4.37. The van der Waals surface area contributed by atoms with E-state index >= 15 is 0 Å². The van der Waals surface area contributed by atoms with Gasteiger partial charge in [-0.1, -0.05) is 50.9 Å². The molecule has 0 aromatic heterocycles. The third kappa shape index (κ3) is 3.80. The first-order valence-electron chi connectivity index (χ1n) is 6.17. The van der Waals surface area contributed by atoms with Crippen LogP contribution < -0.4 is 5.32 Å². The van der Waals surface area contributed by atoms with Crippen LogP contribution in [0.3, 0.4) is 0 Å². The zero-order valence-electron chi connectivity index (χ0n) is 10.5. The summed E-state index contributed by atoms with van der Waals surface area (Å²) in [6.07, 6.45) is 2.33. The lowest BCUT2D eigenvalue weighted by Gasteiger charge is -2.25. The largest absolute Gasteiger partial charge is 0.310 e. The van der Waals surface area contributed by atoms with Gasteiger partial charge < -0.3 is 5.32 Å². The number of hydrogen-bond acceptors (Lipinski definition) is 1. The number of benzene rings is 1. The molecule has 2 heteroatoms. The third-order valence-electron chi connectivity index (χ3n) is 3.04. The van der Waals surface area contributed by atoms with Crippen LogP contribution in [0.1, 0.15) is 45.2 Å². The molecule has 1 N–H and O–H groups in total. The van der Waals surface area contributed by atoms with Gasteiger partial charge in [-0.3, -0.25) is 0 Å². The van der Waals surface area contributed by atoms with E-state index in [0.29, 0.717) is 12.0 Å². The summed E-state index contributed by atoms with van der Waals surface area (Å²) in [5.41, 5.74) is 1.30. The molecule has 1 nitrogen and oxygen atoms in total. The quantitative estimate of drug-likeness (QED) is 0.775. The predicted molar refractivity (Wildman–Crippen MR) is 71.9 cm³/mol. The molecule has 0 saturated carbocycles. The summed E-state index contributed by atoms with van der Waals surface area (Å²) in [5.74, 6) is 0.630. The molecule has 0 amide bonds. The Hall–Kier alpha value is -0.530. The van der Waals surface area contributed by atoms with Gasteiger partial charge in [0.2, 0.25) is 0 Å². The second-order valence-corrected chi connectivity index (χ2v) is 4.81. The lowest BCUT2D eigenvalue weighted by molar-refractivity contribution is 0.377. The third-order valence-corrected chi connectivity index (χ3v) is 3.27. The molecule has 0 saturated heterocycles. The summed E-state index contributed by atoms with van der Waals surface area (Å²) in [6, 6.07) is 8.61. The Morgan fingerprint density at radius 2 is 2.06 bits per heavy atom. The standard InChI is InChI=1S/C14H22ClN/c1-4-9-16-14(11(3)5-2)12-7-6-8-13(15)10-12/h6-8,10-11,14,16H,4-5,9H2,1-3H3. The minimum atomic E-state index is 0.420. The van der Waals surface area contributed by atoms with Crippen LogP contribution in [0.5, 0.6) is 0 Å². The van der Waals surface area contributed by atoms with Crippen molar-refractivity contribution in [2.45, 2.75) is 39.7 Å². The molecule has 0 heterocycles. The van der Waals surface area contributed by atoms with E-state index in [4.69, 9.17) is 11.6 Å². The highest BCUT2D eigenvalue weighted by molar-refractivity contribution is 6.30. The molecular weight excluding hydrogens is 218 g/mol. The highest BCUT2D eigenvalue weighted by Crippen LogP contribution is 2.26. The molecular formula is C14H22ClN. The van der Waals surface area contributed by atoms with Gasteiger partial charge in [-0.15, -0.1) is 0 Å². The molecule has 1 rings (SSSR count). The fraction of sp³-hybridized carbons (Fsp3) is 0.571. The molecule has 90 valence electrons. The normalized spacial score (nSPS) is 14.8. The monoisotopic (exact) mass is 239 g/mol. The SMILES string of the molecule is CCCNC(c1cccc(Cl)c1)C(C)CC. The number of hydrogen-bond donors (Lipinski definition) is 1. The molecule has 0 spiro atoms. The van der Waals surface area contributed by atoms with Crippen LogP contribution in [0.4, 0.5) is 0 Å². The Balaban J connectivity index is 2.82. The molecule has 0 radical (unpaired) electrons. The summed E-state index contributed by atoms with van der Waals surface area (Å²) in [4.78, 5) is 0. The van der Waals surface area contributed by atoms with Gasteiger partial charge in [-0.2, -0.15) is 0 Å². The van der Waals surface area contributed by atoms with Crippen LogP contribution in [-0.2, 0) is 0 Å². The van der Waals surface area contributed by atoms with Gasteiger partial charge in [-0.05, 0) is 36.6 Å². The second kappa shape index (κ2) is 6.93. The van der Waals surface area contributed by atoms with Crippen LogP contribution in [0.25, 0.3) is 0 Å².